The van der Waals surface area contributed by atoms with Crippen LogP contribution in [-0.2, 0) is 9.53 Å². The summed E-state index contributed by atoms with van der Waals surface area (Å²) in [6.45, 7) is 3.55. The van der Waals surface area contributed by atoms with Crippen LogP contribution in [0, 0.1) is 6.92 Å². The number of carbonyl (C=O) groups excluding carboxylic acids is 2. The van der Waals surface area contributed by atoms with Crippen LogP contribution in [0.1, 0.15) is 34.6 Å². The molecule has 1 aromatic heterocycles. The second kappa shape index (κ2) is 8.60. The molecule has 0 aliphatic carbocycles. The molecule has 5 nitrogen and oxygen atoms in total. The highest BCUT2D eigenvalue weighted by atomic mass is 32.1. The van der Waals surface area contributed by atoms with E-state index in [1.165, 1.54) is 11.3 Å². The number of aromatic nitrogens is 1. The van der Waals surface area contributed by atoms with Gasteiger partial charge in [-0.3, -0.25) is 4.79 Å². The second-order valence-corrected chi connectivity index (χ2v) is 7.04. The lowest BCUT2D eigenvalue weighted by Gasteiger charge is -2.14. The van der Waals surface area contributed by atoms with Gasteiger partial charge >= 0.3 is 5.97 Å². The maximum Gasteiger partial charge on any atom is 0.358 e. The molecule has 0 bridgehead atoms. The summed E-state index contributed by atoms with van der Waals surface area (Å²) in [5.74, 6) is -0.958. The van der Waals surface area contributed by atoms with Crippen molar-refractivity contribution < 1.29 is 14.3 Å². The van der Waals surface area contributed by atoms with Crippen molar-refractivity contribution in [3.8, 4) is 10.6 Å². The topological polar surface area (TPSA) is 68.3 Å². The molecule has 0 fully saturated rings. The van der Waals surface area contributed by atoms with Gasteiger partial charge in [0, 0.05) is 10.9 Å². The number of ether oxygens (including phenoxy) is 1. The first kappa shape index (κ1) is 18.8. The van der Waals surface area contributed by atoms with Crippen LogP contribution in [0.5, 0.6) is 0 Å². The minimum Gasteiger partial charge on any atom is -0.451 e. The summed E-state index contributed by atoms with van der Waals surface area (Å²) >= 11 is 1.37. The number of thiazole rings is 1. The Labute approximate surface area is 162 Å². The van der Waals surface area contributed by atoms with Crippen LogP contribution in [-0.4, -0.2) is 23.5 Å². The third kappa shape index (κ3) is 5.01. The molecule has 1 N–H and O–H groups in total. The fraction of sp³-hybridized carbons (Fsp3) is 0.190. The predicted molar refractivity (Wildman–Crippen MR) is 106 cm³/mol. The second-order valence-electron chi connectivity index (χ2n) is 6.18. The lowest BCUT2D eigenvalue weighted by Crippen LogP contribution is -2.31. The van der Waals surface area contributed by atoms with Gasteiger partial charge in [-0.25, -0.2) is 9.78 Å². The Morgan fingerprint density at radius 2 is 1.81 bits per heavy atom. The molecule has 3 aromatic rings. The molecule has 0 aliphatic heterocycles. The number of hydrogen-bond acceptors (Lipinski definition) is 5. The third-order valence-electron chi connectivity index (χ3n) is 4.02. The molecule has 2 aromatic carbocycles. The van der Waals surface area contributed by atoms with Gasteiger partial charge in [-0.2, -0.15) is 0 Å². The summed E-state index contributed by atoms with van der Waals surface area (Å²) in [5.41, 5.74) is 3.30. The molecule has 3 rings (SSSR count). The van der Waals surface area contributed by atoms with Crippen molar-refractivity contribution in [1.82, 2.24) is 10.3 Å². The van der Waals surface area contributed by atoms with E-state index in [0.717, 1.165) is 21.7 Å². The van der Waals surface area contributed by atoms with Gasteiger partial charge < -0.3 is 10.1 Å². The Kier molecular flexibility index (Phi) is 5.98. The Balaban J connectivity index is 1.53. The van der Waals surface area contributed by atoms with Crippen molar-refractivity contribution >= 4 is 23.2 Å². The molecular weight excluding hydrogens is 360 g/mol. The number of hydrogen-bond donors (Lipinski definition) is 1. The highest BCUT2D eigenvalue weighted by molar-refractivity contribution is 7.13. The maximum absolute atomic E-state index is 12.1. The predicted octanol–water partition coefficient (Wildman–Crippen LogP) is 4.15. The maximum atomic E-state index is 12.1. The zero-order valence-electron chi connectivity index (χ0n) is 15.1. The first-order valence-corrected chi connectivity index (χ1v) is 9.45. The van der Waals surface area contributed by atoms with Crippen molar-refractivity contribution in [2.45, 2.75) is 19.9 Å². The fourth-order valence-electron chi connectivity index (χ4n) is 2.51. The zero-order valence-corrected chi connectivity index (χ0v) is 16.0. The van der Waals surface area contributed by atoms with Crippen LogP contribution < -0.4 is 5.32 Å². The van der Waals surface area contributed by atoms with E-state index in [-0.39, 0.29) is 24.2 Å². The van der Waals surface area contributed by atoms with Gasteiger partial charge in [0.2, 0.25) is 0 Å². The van der Waals surface area contributed by atoms with Crippen LogP contribution in [0.2, 0.25) is 0 Å². The summed E-state index contributed by atoms with van der Waals surface area (Å²) in [5, 5.41) is 5.19. The highest BCUT2D eigenvalue weighted by Gasteiger charge is 2.16. The standard InChI is InChI=1S/C21H20N2O3S/c1-14-8-10-17(11-9-14)20-23-18(13-27-20)21(25)26-12-19(24)22-15(2)16-6-4-3-5-7-16/h3-11,13,15H,12H2,1-2H3,(H,22,24)/t15-/m0/s1. The van der Waals surface area contributed by atoms with Crippen LogP contribution in [0.4, 0.5) is 0 Å². The lowest BCUT2D eigenvalue weighted by molar-refractivity contribution is -0.124. The third-order valence-corrected chi connectivity index (χ3v) is 4.91. The molecule has 0 aliphatic rings. The van der Waals surface area contributed by atoms with E-state index in [1.54, 1.807) is 5.38 Å². The van der Waals surface area contributed by atoms with E-state index in [2.05, 4.69) is 10.3 Å². The average Bonchev–Trinajstić information content (AvgIpc) is 3.17. The molecule has 1 amide bonds. The van der Waals surface area contributed by atoms with Crippen LogP contribution in [0.25, 0.3) is 10.6 Å². The molecule has 0 radical (unpaired) electrons. The van der Waals surface area contributed by atoms with E-state index in [4.69, 9.17) is 4.74 Å². The number of nitrogens with one attached hydrogen (secondary N) is 1. The van der Waals surface area contributed by atoms with Gasteiger partial charge in [0.1, 0.15) is 5.01 Å². The van der Waals surface area contributed by atoms with E-state index in [1.807, 2.05) is 68.4 Å². The van der Waals surface area contributed by atoms with Crippen molar-refractivity contribution in [2.75, 3.05) is 6.61 Å². The van der Waals surface area contributed by atoms with Crippen LogP contribution >= 0.6 is 11.3 Å². The molecule has 27 heavy (non-hydrogen) atoms. The van der Waals surface area contributed by atoms with Gasteiger partial charge in [-0.15, -0.1) is 11.3 Å². The first-order chi connectivity index (χ1) is 13.0. The Bertz CT molecular complexity index is 920. The Morgan fingerprint density at radius 3 is 2.52 bits per heavy atom. The molecular formula is C21H20N2O3S. The number of carbonyl (C=O) groups is 2. The molecule has 1 heterocycles. The van der Waals surface area contributed by atoms with Crippen molar-refractivity contribution in [3.05, 3.63) is 76.8 Å². The van der Waals surface area contributed by atoms with E-state index >= 15 is 0 Å². The van der Waals surface area contributed by atoms with Gasteiger partial charge in [0.25, 0.3) is 5.91 Å². The van der Waals surface area contributed by atoms with Gasteiger partial charge in [-0.05, 0) is 19.4 Å². The number of esters is 1. The summed E-state index contributed by atoms with van der Waals surface area (Å²) in [7, 11) is 0. The quantitative estimate of drug-likeness (QED) is 0.652. The van der Waals surface area contributed by atoms with Gasteiger partial charge in [-0.1, -0.05) is 60.2 Å². The average molecular weight is 380 g/mol. The van der Waals surface area contributed by atoms with Gasteiger partial charge in [0.15, 0.2) is 12.3 Å². The minimum absolute atomic E-state index is 0.162. The Morgan fingerprint density at radius 1 is 1.11 bits per heavy atom. The number of aryl methyl sites for hydroxylation is 1. The number of benzene rings is 2. The van der Waals surface area contributed by atoms with E-state index in [0.29, 0.717) is 0 Å². The summed E-state index contributed by atoms with van der Waals surface area (Å²) in [6.07, 6.45) is 0. The Hall–Kier alpha value is -2.99. The SMILES string of the molecule is Cc1ccc(-c2nc(C(=O)OCC(=O)N[C@@H](C)c3ccccc3)cs2)cc1. The zero-order chi connectivity index (χ0) is 19.2. The van der Waals surface area contributed by atoms with Crippen molar-refractivity contribution in [3.63, 3.8) is 0 Å². The number of nitrogens with zero attached hydrogens (tertiary/aromatic N) is 1. The summed E-state index contributed by atoms with van der Waals surface area (Å²) in [6, 6.07) is 17.3. The smallest absolute Gasteiger partial charge is 0.358 e. The molecule has 0 saturated heterocycles. The fourth-order valence-corrected chi connectivity index (χ4v) is 3.30. The molecule has 6 heteroatoms. The summed E-state index contributed by atoms with van der Waals surface area (Å²) in [4.78, 5) is 28.5. The molecule has 1 atom stereocenters. The molecule has 0 saturated carbocycles. The monoisotopic (exact) mass is 380 g/mol. The normalized spacial score (nSPS) is 11.6. The number of amides is 1. The minimum atomic E-state index is -0.605. The number of rotatable bonds is 6. The lowest BCUT2D eigenvalue weighted by atomic mass is 10.1. The summed E-state index contributed by atoms with van der Waals surface area (Å²) < 4.78 is 5.09. The molecule has 0 unspecified atom stereocenters. The van der Waals surface area contributed by atoms with Crippen LogP contribution in [0.15, 0.2) is 60.0 Å². The first-order valence-electron chi connectivity index (χ1n) is 8.57. The highest BCUT2D eigenvalue weighted by Crippen LogP contribution is 2.24. The van der Waals surface area contributed by atoms with E-state index < -0.39 is 5.97 Å². The van der Waals surface area contributed by atoms with Crippen molar-refractivity contribution in [1.29, 1.82) is 0 Å². The largest absolute Gasteiger partial charge is 0.451 e. The van der Waals surface area contributed by atoms with Gasteiger partial charge in [0.05, 0.1) is 6.04 Å². The molecule has 0 spiro atoms. The molecule has 138 valence electrons. The van der Waals surface area contributed by atoms with E-state index in [9.17, 15) is 9.59 Å². The van der Waals surface area contributed by atoms with Crippen molar-refractivity contribution in [2.24, 2.45) is 0 Å². The van der Waals surface area contributed by atoms with Crippen LogP contribution in [0.3, 0.4) is 0 Å².